The van der Waals surface area contributed by atoms with Gasteiger partial charge < -0.3 is 28.7 Å². The Hall–Kier alpha value is -6.00. The lowest BCUT2D eigenvalue weighted by Gasteiger charge is -2.34. The second kappa shape index (κ2) is 17.8. The van der Waals surface area contributed by atoms with Crippen molar-refractivity contribution in [1.29, 1.82) is 0 Å². The first-order chi connectivity index (χ1) is 31.2. The van der Waals surface area contributed by atoms with Crippen LogP contribution in [0.15, 0.2) is 72.9 Å². The molecule has 2 aromatic carbocycles. The third-order valence-electron chi connectivity index (χ3n) is 12.7. The van der Waals surface area contributed by atoms with Crippen molar-refractivity contribution in [2.45, 2.75) is 77.1 Å². The second-order valence-electron chi connectivity index (χ2n) is 17.0. The van der Waals surface area contributed by atoms with Crippen LogP contribution in [-0.4, -0.2) is 88.6 Å². The number of anilines is 2. The summed E-state index contributed by atoms with van der Waals surface area (Å²) >= 11 is 7.21. The standard InChI is InChI=1S/C48H49ClF4N8O4/c1-28-22-29(2)55-41(38(28)48(51,52)53)42-39(49)40-37-44(58-46(57-40)65-27-47-17-7-19-60(47)26-33(50)23-47)61(20-21-64-45(37)56-42)30(3)36-8-6-18-54-43(36)59(24-31-9-13-34(62-4)14-10-31)25-32-11-15-35(63-5)16-12-32/h6,8-16,18,22,30,33H,7,17,19-21,23-27H2,1-5H3/t30-,33-,47+/m1/s1. The summed E-state index contributed by atoms with van der Waals surface area (Å²) in [6.45, 7) is 7.58. The third kappa shape index (κ3) is 8.65. The molecule has 3 aliphatic heterocycles. The predicted molar refractivity (Wildman–Crippen MR) is 240 cm³/mol. The van der Waals surface area contributed by atoms with Crippen LogP contribution >= 0.6 is 11.6 Å². The van der Waals surface area contributed by atoms with Crippen LogP contribution in [0.2, 0.25) is 5.02 Å². The molecule has 340 valence electrons. The van der Waals surface area contributed by atoms with E-state index in [1.165, 1.54) is 13.0 Å². The fraction of sp³-hybridized carbons (Fsp3) is 0.396. The number of methoxy groups -OCH3 is 2. The summed E-state index contributed by atoms with van der Waals surface area (Å²) in [5.74, 6) is 2.57. The first kappa shape index (κ1) is 44.2. The number of aryl methyl sites for hydroxylation is 2. The summed E-state index contributed by atoms with van der Waals surface area (Å²) in [6, 6.07) is 20.6. The second-order valence-corrected chi connectivity index (χ2v) is 17.4. The largest absolute Gasteiger partial charge is 0.497 e. The zero-order valence-corrected chi connectivity index (χ0v) is 37.5. The van der Waals surface area contributed by atoms with Gasteiger partial charge >= 0.3 is 12.2 Å². The van der Waals surface area contributed by atoms with Gasteiger partial charge in [0.1, 0.15) is 64.8 Å². The van der Waals surface area contributed by atoms with Crippen LogP contribution in [0.1, 0.15) is 65.7 Å². The molecular formula is C48H49ClF4N8O4. The van der Waals surface area contributed by atoms with E-state index >= 15 is 0 Å². The molecule has 6 aromatic rings. The van der Waals surface area contributed by atoms with E-state index in [1.54, 1.807) is 27.3 Å². The van der Waals surface area contributed by atoms with Crippen LogP contribution < -0.4 is 28.7 Å². The molecule has 0 spiro atoms. The number of hydrogen-bond acceptors (Lipinski definition) is 12. The summed E-state index contributed by atoms with van der Waals surface area (Å²) < 4.78 is 82.9. The van der Waals surface area contributed by atoms with Crippen LogP contribution in [0.3, 0.4) is 0 Å². The fourth-order valence-electron chi connectivity index (χ4n) is 9.65. The Kier molecular flexibility index (Phi) is 12.1. The van der Waals surface area contributed by atoms with Gasteiger partial charge in [0.15, 0.2) is 0 Å². The molecule has 0 bridgehead atoms. The van der Waals surface area contributed by atoms with Crippen LogP contribution in [0, 0.1) is 13.8 Å². The maximum atomic E-state index is 14.9. The first-order valence-electron chi connectivity index (χ1n) is 21.6. The van der Waals surface area contributed by atoms with Crippen molar-refractivity contribution in [2.75, 3.05) is 56.9 Å². The molecule has 0 radical (unpaired) electrons. The molecule has 12 nitrogen and oxygen atoms in total. The molecule has 3 atom stereocenters. The van der Waals surface area contributed by atoms with Gasteiger partial charge in [-0.25, -0.2) is 14.4 Å². The van der Waals surface area contributed by atoms with Gasteiger partial charge in [-0.15, -0.1) is 0 Å². The van der Waals surface area contributed by atoms with Crippen molar-refractivity contribution < 1.29 is 36.5 Å². The quantitative estimate of drug-likeness (QED) is 0.103. The Morgan fingerprint density at radius 1 is 0.923 bits per heavy atom. The number of benzene rings is 2. The highest BCUT2D eigenvalue weighted by Gasteiger charge is 2.49. The molecule has 9 rings (SSSR count). The fourth-order valence-corrected chi connectivity index (χ4v) is 9.92. The topological polar surface area (TPSA) is 111 Å². The number of alkyl halides is 4. The minimum atomic E-state index is -4.77. The molecule has 2 fully saturated rings. The van der Waals surface area contributed by atoms with Gasteiger partial charge in [0.25, 0.3) is 0 Å². The monoisotopic (exact) mass is 912 g/mol. The Morgan fingerprint density at radius 3 is 2.28 bits per heavy atom. The maximum absolute atomic E-state index is 14.9. The molecule has 2 saturated heterocycles. The Morgan fingerprint density at radius 2 is 1.62 bits per heavy atom. The van der Waals surface area contributed by atoms with E-state index in [1.807, 2.05) is 72.5 Å². The predicted octanol–water partition coefficient (Wildman–Crippen LogP) is 9.91. The lowest BCUT2D eigenvalue weighted by molar-refractivity contribution is -0.137. The van der Waals surface area contributed by atoms with Crippen LogP contribution in [0.25, 0.3) is 22.3 Å². The van der Waals surface area contributed by atoms with Crippen LogP contribution in [0.5, 0.6) is 23.4 Å². The number of ether oxygens (including phenoxy) is 4. The van der Waals surface area contributed by atoms with Crippen molar-refractivity contribution in [1.82, 2.24) is 29.8 Å². The van der Waals surface area contributed by atoms with E-state index in [2.05, 4.69) is 19.8 Å². The summed E-state index contributed by atoms with van der Waals surface area (Å²) in [5, 5.41) is 0.133. The third-order valence-corrected chi connectivity index (χ3v) is 13.1. The van der Waals surface area contributed by atoms with E-state index in [9.17, 15) is 17.6 Å². The molecule has 4 aromatic heterocycles. The lowest BCUT2D eigenvalue weighted by Crippen LogP contribution is -2.43. The zero-order chi connectivity index (χ0) is 45.6. The van der Waals surface area contributed by atoms with Gasteiger partial charge in [0, 0.05) is 43.5 Å². The van der Waals surface area contributed by atoms with E-state index in [0.717, 1.165) is 47.6 Å². The Bertz CT molecular complexity index is 2660. The number of hydrogen-bond donors (Lipinski definition) is 0. The zero-order valence-electron chi connectivity index (χ0n) is 36.8. The average Bonchev–Trinajstić information content (AvgIpc) is 3.75. The number of pyridine rings is 3. The summed E-state index contributed by atoms with van der Waals surface area (Å²) in [5.41, 5.74) is 1.17. The molecule has 17 heteroatoms. The number of fused-ring (bicyclic) bond motifs is 1. The molecule has 65 heavy (non-hydrogen) atoms. The summed E-state index contributed by atoms with van der Waals surface area (Å²) in [4.78, 5) is 30.2. The lowest BCUT2D eigenvalue weighted by atomic mass is 9.95. The summed E-state index contributed by atoms with van der Waals surface area (Å²) in [7, 11) is 3.26. The average molecular weight is 913 g/mol. The van der Waals surface area contributed by atoms with Gasteiger partial charge in [-0.3, -0.25) is 9.88 Å². The highest BCUT2D eigenvalue weighted by molar-refractivity contribution is 6.38. The SMILES string of the molecule is COc1ccc(CN(Cc2ccc(OC)cc2)c2ncccc2[C@@H](C)N2CCOc3nc(-c4nc(C)cc(C)c4C(F)(F)F)c(Cl)c4nc(OC[C@@]56CCCN5C[C@H](F)C6)nc2c34)cc1. The van der Waals surface area contributed by atoms with Gasteiger partial charge in [-0.05, 0) is 93.2 Å². The number of rotatable bonds is 13. The highest BCUT2D eigenvalue weighted by Crippen LogP contribution is 2.48. The molecule has 0 saturated carbocycles. The first-order valence-corrected chi connectivity index (χ1v) is 22.0. The molecule has 0 aliphatic carbocycles. The number of aromatic nitrogens is 5. The van der Waals surface area contributed by atoms with Gasteiger partial charge in [0.05, 0.1) is 42.9 Å². The molecule has 0 N–H and O–H groups in total. The van der Waals surface area contributed by atoms with E-state index in [4.69, 9.17) is 45.5 Å². The van der Waals surface area contributed by atoms with Crippen LogP contribution in [-0.2, 0) is 19.3 Å². The molecule has 7 heterocycles. The van der Waals surface area contributed by atoms with E-state index < -0.39 is 35.2 Å². The maximum Gasteiger partial charge on any atom is 0.418 e. The normalized spacial score (nSPS) is 18.9. The number of nitrogens with zero attached hydrogens (tertiary/aromatic N) is 8. The van der Waals surface area contributed by atoms with Crippen molar-refractivity contribution in [3.05, 3.63) is 111 Å². The van der Waals surface area contributed by atoms with Crippen molar-refractivity contribution in [3.8, 4) is 34.8 Å². The Balaban J connectivity index is 1.17. The molecular weight excluding hydrogens is 864 g/mol. The van der Waals surface area contributed by atoms with Gasteiger partial charge in [-0.2, -0.15) is 23.1 Å². The molecule has 0 unspecified atom stereocenters. The summed E-state index contributed by atoms with van der Waals surface area (Å²) in [6.07, 6.45) is -2.04. The van der Waals surface area contributed by atoms with Gasteiger partial charge in [-0.1, -0.05) is 41.9 Å². The number of halogens is 5. The Labute approximate surface area is 379 Å². The van der Waals surface area contributed by atoms with Crippen molar-refractivity contribution >= 4 is 34.1 Å². The highest BCUT2D eigenvalue weighted by atomic mass is 35.5. The van der Waals surface area contributed by atoms with Crippen molar-refractivity contribution in [2.24, 2.45) is 0 Å². The minimum absolute atomic E-state index is 0.00778. The van der Waals surface area contributed by atoms with Crippen molar-refractivity contribution in [3.63, 3.8) is 0 Å². The van der Waals surface area contributed by atoms with E-state index in [0.29, 0.717) is 48.8 Å². The molecule has 0 amide bonds. The van der Waals surface area contributed by atoms with Crippen LogP contribution in [0.4, 0.5) is 29.2 Å². The van der Waals surface area contributed by atoms with E-state index in [-0.39, 0.29) is 53.4 Å². The van der Waals surface area contributed by atoms with Gasteiger partial charge in [0.2, 0.25) is 5.88 Å². The smallest absolute Gasteiger partial charge is 0.418 e. The minimum Gasteiger partial charge on any atom is -0.497 e. The molecule has 3 aliphatic rings.